The zero-order valence-corrected chi connectivity index (χ0v) is 17.0. The normalized spacial score (nSPS) is 13.2. The Morgan fingerprint density at radius 3 is 2.04 bits per heavy atom. The maximum Gasteiger partial charge on any atom is 0.319 e. The van der Waals surface area contributed by atoms with E-state index >= 15 is 0 Å². The van der Waals surface area contributed by atoms with Crippen molar-refractivity contribution in [1.82, 2.24) is 10.6 Å². The van der Waals surface area contributed by atoms with Gasteiger partial charge < -0.3 is 16.0 Å². The zero-order valence-electron chi connectivity index (χ0n) is 16.2. The Labute approximate surface area is 155 Å². The minimum absolute atomic E-state index is 0.172. The van der Waals surface area contributed by atoms with E-state index in [1.54, 1.807) is 0 Å². The first-order chi connectivity index (χ1) is 11.8. The van der Waals surface area contributed by atoms with Crippen LogP contribution in [-0.4, -0.2) is 38.2 Å². The van der Waals surface area contributed by atoms with E-state index in [2.05, 4.69) is 16.0 Å². The van der Waals surface area contributed by atoms with E-state index in [0.717, 1.165) is 6.26 Å². The molecule has 0 fully saturated rings. The molecular formula is C18H29N3O4S. The highest BCUT2D eigenvalue weighted by Gasteiger charge is 2.25. The van der Waals surface area contributed by atoms with Crippen LogP contribution < -0.4 is 16.0 Å². The number of hydrogen-bond acceptors (Lipinski definition) is 4. The summed E-state index contributed by atoms with van der Waals surface area (Å²) in [6, 6.07) is 4.66. The standard InChI is InChI=1S/C18H29N3O4S/c1-12(2)11-15(16(22)21-18(3,4)5)20-17(23)19-13-7-9-14(10-8-13)26(6,24)25/h7-10,12,15H,11H2,1-6H3,(H,21,22)(H2,19,20,23)/t15-/m0/s1. The summed E-state index contributed by atoms with van der Waals surface area (Å²) in [5.74, 6) is -0.0196. The van der Waals surface area contributed by atoms with Crippen molar-refractivity contribution >= 4 is 27.5 Å². The van der Waals surface area contributed by atoms with Crippen molar-refractivity contribution in [3.63, 3.8) is 0 Å². The van der Waals surface area contributed by atoms with Crippen LogP contribution in [0.25, 0.3) is 0 Å². The molecule has 0 aliphatic heterocycles. The number of amides is 3. The fourth-order valence-electron chi connectivity index (χ4n) is 2.27. The Morgan fingerprint density at radius 2 is 1.62 bits per heavy atom. The maximum atomic E-state index is 12.4. The third-order valence-corrected chi connectivity index (χ3v) is 4.50. The van der Waals surface area contributed by atoms with Crippen LogP contribution in [0, 0.1) is 5.92 Å². The van der Waals surface area contributed by atoms with Gasteiger partial charge in [-0.25, -0.2) is 13.2 Å². The maximum absolute atomic E-state index is 12.4. The quantitative estimate of drug-likeness (QED) is 0.702. The van der Waals surface area contributed by atoms with Gasteiger partial charge in [-0.2, -0.15) is 0 Å². The lowest BCUT2D eigenvalue weighted by molar-refractivity contribution is -0.124. The number of anilines is 1. The monoisotopic (exact) mass is 383 g/mol. The molecule has 0 aromatic heterocycles. The zero-order chi connectivity index (χ0) is 20.1. The number of carbonyl (C=O) groups is 2. The molecular weight excluding hydrogens is 354 g/mol. The predicted molar refractivity (Wildman–Crippen MR) is 103 cm³/mol. The van der Waals surface area contributed by atoms with Crippen LogP contribution in [0.3, 0.4) is 0 Å². The molecule has 0 aliphatic rings. The molecule has 0 bridgehead atoms. The highest BCUT2D eigenvalue weighted by Crippen LogP contribution is 2.14. The summed E-state index contributed by atoms with van der Waals surface area (Å²) < 4.78 is 22.9. The lowest BCUT2D eigenvalue weighted by atomic mass is 10.0. The lowest BCUT2D eigenvalue weighted by Crippen LogP contribution is -2.53. The van der Waals surface area contributed by atoms with E-state index < -0.39 is 27.4 Å². The van der Waals surface area contributed by atoms with Crippen molar-refractivity contribution in [3.05, 3.63) is 24.3 Å². The van der Waals surface area contributed by atoms with Crippen LogP contribution in [0.5, 0.6) is 0 Å². The molecule has 146 valence electrons. The van der Waals surface area contributed by atoms with Crippen LogP contribution in [0.2, 0.25) is 0 Å². The first-order valence-electron chi connectivity index (χ1n) is 8.47. The summed E-state index contributed by atoms with van der Waals surface area (Å²) in [5, 5.41) is 8.17. The predicted octanol–water partition coefficient (Wildman–Crippen LogP) is 2.54. The number of benzene rings is 1. The van der Waals surface area contributed by atoms with Gasteiger partial charge in [0.1, 0.15) is 6.04 Å². The fourth-order valence-corrected chi connectivity index (χ4v) is 2.90. The average molecular weight is 384 g/mol. The summed E-state index contributed by atoms with van der Waals surface area (Å²) in [6.45, 7) is 9.57. The van der Waals surface area contributed by atoms with Gasteiger partial charge in [-0.05, 0) is 57.4 Å². The van der Waals surface area contributed by atoms with Gasteiger partial charge in [-0.3, -0.25) is 4.79 Å². The van der Waals surface area contributed by atoms with Crippen LogP contribution in [0.4, 0.5) is 10.5 Å². The number of urea groups is 1. The smallest absolute Gasteiger partial charge is 0.319 e. The second kappa shape index (κ2) is 8.53. The number of rotatable bonds is 6. The van der Waals surface area contributed by atoms with Crippen LogP contribution >= 0.6 is 0 Å². The minimum Gasteiger partial charge on any atom is -0.350 e. The average Bonchev–Trinajstić information content (AvgIpc) is 2.43. The Kier molecular flexibility index (Phi) is 7.20. The number of hydrogen-bond donors (Lipinski definition) is 3. The molecule has 1 aromatic rings. The Bertz CT molecular complexity index is 735. The highest BCUT2D eigenvalue weighted by molar-refractivity contribution is 7.90. The number of carbonyl (C=O) groups excluding carboxylic acids is 2. The van der Waals surface area contributed by atoms with Crippen molar-refractivity contribution in [2.24, 2.45) is 5.92 Å². The summed E-state index contributed by atoms with van der Waals surface area (Å²) in [5.41, 5.74) is 0.0424. The van der Waals surface area contributed by atoms with Crippen molar-refractivity contribution < 1.29 is 18.0 Å². The number of nitrogens with one attached hydrogen (secondary N) is 3. The van der Waals surface area contributed by atoms with Crippen LogP contribution in [-0.2, 0) is 14.6 Å². The van der Waals surface area contributed by atoms with Gasteiger partial charge in [-0.15, -0.1) is 0 Å². The Hall–Kier alpha value is -2.09. The van der Waals surface area contributed by atoms with E-state index in [4.69, 9.17) is 0 Å². The first kappa shape index (κ1) is 22.0. The highest BCUT2D eigenvalue weighted by atomic mass is 32.2. The molecule has 0 unspecified atom stereocenters. The number of sulfone groups is 1. The second-order valence-electron chi connectivity index (χ2n) is 7.82. The summed E-state index contributed by atoms with van der Waals surface area (Å²) in [6.07, 6.45) is 1.62. The minimum atomic E-state index is -3.29. The largest absolute Gasteiger partial charge is 0.350 e. The van der Waals surface area contributed by atoms with Gasteiger partial charge in [-0.1, -0.05) is 13.8 Å². The molecule has 26 heavy (non-hydrogen) atoms. The van der Waals surface area contributed by atoms with Crippen molar-refractivity contribution in [1.29, 1.82) is 0 Å². The third-order valence-electron chi connectivity index (χ3n) is 3.37. The van der Waals surface area contributed by atoms with Crippen molar-refractivity contribution in [2.45, 2.75) is 57.5 Å². The van der Waals surface area contributed by atoms with Gasteiger partial charge in [0.25, 0.3) is 0 Å². The molecule has 0 heterocycles. The molecule has 0 saturated heterocycles. The molecule has 3 N–H and O–H groups in total. The van der Waals surface area contributed by atoms with Gasteiger partial charge in [0, 0.05) is 17.5 Å². The fraction of sp³-hybridized carbons (Fsp3) is 0.556. The summed E-state index contributed by atoms with van der Waals surface area (Å²) >= 11 is 0. The molecule has 3 amide bonds. The van der Waals surface area contributed by atoms with Gasteiger partial charge >= 0.3 is 6.03 Å². The van der Waals surface area contributed by atoms with Gasteiger partial charge in [0.2, 0.25) is 5.91 Å². The van der Waals surface area contributed by atoms with Crippen molar-refractivity contribution in [2.75, 3.05) is 11.6 Å². The molecule has 7 nitrogen and oxygen atoms in total. The van der Waals surface area contributed by atoms with Crippen LogP contribution in [0.15, 0.2) is 29.2 Å². The first-order valence-corrected chi connectivity index (χ1v) is 10.4. The van der Waals surface area contributed by atoms with E-state index in [9.17, 15) is 18.0 Å². The van der Waals surface area contributed by atoms with Crippen LogP contribution in [0.1, 0.15) is 41.0 Å². The molecule has 0 radical (unpaired) electrons. The summed E-state index contributed by atoms with van der Waals surface area (Å²) in [4.78, 5) is 24.8. The SMILES string of the molecule is CC(C)C[C@H](NC(=O)Nc1ccc(S(C)(=O)=O)cc1)C(=O)NC(C)(C)C. The lowest BCUT2D eigenvalue weighted by Gasteiger charge is -2.26. The molecule has 0 aliphatic carbocycles. The Morgan fingerprint density at radius 1 is 1.08 bits per heavy atom. The molecule has 8 heteroatoms. The molecule has 1 aromatic carbocycles. The molecule has 0 spiro atoms. The van der Waals surface area contributed by atoms with Crippen molar-refractivity contribution in [3.8, 4) is 0 Å². The molecule has 1 rings (SSSR count). The van der Waals surface area contributed by atoms with E-state index in [1.165, 1.54) is 24.3 Å². The molecule has 1 atom stereocenters. The van der Waals surface area contributed by atoms with E-state index in [0.29, 0.717) is 12.1 Å². The van der Waals surface area contributed by atoms with Gasteiger partial charge in [0.05, 0.1) is 4.90 Å². The van der Waals surface area contributed by atoms with Gasteiger partial charge in [0.15, 0.2) is 9.84 Å². The third kappa shape index (κ3) is 7.86. The summed E-state index contributed by atoms with van der Waals surface area (Å²) in [7, 11) is -3.29. The Balaban J connectivity index is 2.78. The van der Waals surface area contributed by atoms with E-state index in [-0.39, 0.29) is 16.7 Å². The topological polar surface area (TPSA) is 104 Å². The van der Waals surface area contributed by atoms with E-state index in [1.807, 2.05) is 34.6 Å². The molecule has 0 saturated carbocycles. The second-order valence-corrected chi connectivity index (χ2v) is 9.83.